The number of carbonyl (C=O) groups is 2. The summed E-state index contributed by atoms with van der Waals surface area (Å²) in [4.78, 5) is 23.9. The molecule has 3 N–H and O–H groups in total. The highest BCUT2D eigenvalue weighted by molar-refractivity contribution is 6.36. The Morgan fingerprint density at radius 1 is 1.10 bits per heavy atom. The maximum absolute atomic E-state index is 12.6. The van der Waals surface area contributed by atoms with Gasteiger partial charge in [-0.15, -0.1) is 0 Å². The molecule has 0 radical (unpaired) electrons. The zero-order valence-electron chi connectivity index (χ0n) is 21.6. The number of ether oxygens (including phenoxy) is 2. The Morgan fingerprint density at radius 2 is 1.77 bits per heavy atom. The van der Waals surface area contributed by atoms with Crippen LogP contribution in [0.3, 0.4) is 0 Å². The number of likely N-dealkylation sites (N-methyl/N-ethyl adjacent to an activating group) is 1. The van der Waals surface area contributed by atoms with Crippen LogP contribution in [0.25, 0.3) is 0 Å². The number of hydrogen-bond acceptors (Lipinski definition) is 5. The number of rotatable bonds is 5. The number of aliphatic carboxylic acids is 1. The van der Waals surface area contributed by atoms with Gasteiger partial charge in [0.2, 0.25) is 0 Å². The predicted molar refractivity (Wildman–Crippen MR) is 142 cm³/mol. The maximum Gasteiger partial charge on any atom is 0.490 e. The second kappa shape index (κ2) is 12.5. The minimum atomic E-state index is -5.08. The summed E-state index contributed by atoms with van der Waals surface area (Å²) in [5, 5.41) is 14.1. The summed E-state index contributed by atoms with van der Waals surface area (Å²) in [7, 11) is 5.49. The zero-order valence-corrected chi connectivity index (χ0v) is 23.1. The monoisotopic (exact) mass is 591 g/mol. The molecule has 8 nitrogen and oxygen atoms in total. The molecule has 1 saturated heterocycles. The van der Waals surface area contributed by atoms with Crippen LogP contribution < -0.4 is 20.1 Å². The van der Waals surface area contributed by atoms with Gasteiger partial charge in [-0.25, -0.2) is 9.59 Å². The number of carboxylic acids is 1. The number of amides is 2. The van der Waals surface area contributed by atoms with Crippen molar-refractivity contribution in [1.29, 1.82) is 0 Å². The number of likely N-dealkylation sites (tertiary alicyclic amines) is 1. The average Bonchev–Trinajstić information content (AvgIpc) is 3.21. The number of nitrogens with one attached hydrogen (secondary N) is 2. The molecule has 2 fully saturated rings. The lowest BCUT2D eigenvalue weighted by molar-refractivity contribution is -0.192. The normalized spacial score (nSPS) is 22.7. The minimum Gasteiger partial charge on any atom is -0.493 e. The Labute approximate surface area is 234 Å². The van der Waals surface area contributed by atoms with Crippen molar-refractivity contribution in [3.05, 3.63) is 52.0 Å². The highest BCUT2D eigenvalue weighted by Crippen LogP contribution is 2.49. The number of alkyl halides is 3. The van der Waals surface area contributed by atoms with Gasteiger partial charge >= 0.3 is 18.2 Å². The third-order valence-corrected chi connectivity index (χ3v) is 7.64. The van der Waals surface area contributed by atoms with Gasteiger partial charge in [0.15, 0.2) is 11.5 Å². The highest BCUT2D eigenvalue weighted by atomic mass is 35.5. The number of halogens is 5. The molecule has 1 heterocycles. The van der Waals surface area contributed by atoms with Crippen molar-refractivity contribution in [1.82, 2.24) is 10.2 Å². The van der Waals surface area contributed by atoms with Crippen LogP contribution in [0.15, 0.2) is 36.4 Å². The van der Waals surface area contributed by atoms with E-state index in [2.05, 4.69) is 34.7 Å². The molecule has 2 aromatic rings. The van der Waals surface area contributed by atoms with E-state index in [4.69, 9.17) is 42.6 Å². The summed E-state index contributed by atoms with van der Waals surface area (Å²) in [5.74, 6) is -0.827. The van der Waals surface area contributed by atoms with Gasteiger partial charge in [-0.05, 0) is 68.1 Å². The van der Waals surface area contributed by atoms with E-state index in [1.54, 1.807) is 32.4 Å². The first kappa shape index (κ1) is 30.6. The van der Waals surface area contributed by atoms with Crippen LogP contribution in [-0.2, 0) is 10.2 Å². The Hall–Kier alpha value is -2.89. The molecule has 0 spiro atoms. The molecule has 2 amide bonds. The number of carbonyl (C=O) groups excluding carboxylic acids is 1. The molecule has 2 aliphatic rings. The van der Waals surface area contributed by atoms with E-state index in [1.165, 1.54) is 5.56 Å². The van der Waals surface area contributed by atoms with Crippen LogP contribution in [0.1, 0.15) is 24.8 Å². The van der Waals surface area contributed by atoms with Gasteiger partial charge in [-0.2, -0.15) is 13.2 Å². The average molecular weight is 592 g/mol. The molecule has 4 rings (SSSR count). The number of methoxy groups -OCH3 is 2. The van der Waals surface area contributed by atoms with Gasteiger partial charge < -0.3 is 30.1 Å². The van der Waals surface area contributed by atoms with Crippen LogP contribution in [-0.4, -0.2) is 68.6 Å². The van der Waals surface area contributed by atoms with Crippen LogP contribution in [0, 0.1) is 5.92 Å². The summed E-state index contributed by atoms with van der Waals surface area (Å²) >= 11 is 12.1. The largest absolute Gasteiger partial charge is 0.493 e. The van der Waals surface area contributed by atoms with E-state index in [1.807, 2.05) is 6.07 Å². The molecule has 214 valence electrons. The van der Waals surface area contributed by atoms with Gasteiger partial charge in [-0.1, -0.05) is 29.3 Å². The number of fused-ring (bicyclic) bond motifs is 1. The number of nitrogens with zero attached hydrogens (tertiary/aromatic N) is 1. The summed E-state index contributed by atoms with van der Waals surface area (Å²) < 4.78 is 42.7. The van der Waals surface area contributed by atoms with Gasteiger partial charge in [0.1, 0.15) is 0 Å². The Bertz CT molecular complexity index is 1200. The quantitative estimate of drug-likeness (QED) is 0.405. The molecular formula is C26H30Cl2F3N3O5. The number of urea groups is 1. The Balaban J connectivity index is 0.000000532. The zero-order chi connectivity index (χ0) is 29.0. The Morgan fingerprint density at radius 3 is 2.36 bits per heavy atom. The lowest BCUT2D eigenvalue weighted by Crippen LogP contribution is -2.48. The van der Waals surface area contributed by atoms with Crippen molar-refractivity contribution in [3.63, 3.8) is 0 Å². The molecule has 1 saturated carbocycles. The topological polar surface area (TPSA) is 100 Å². The van der Waals surface area contributed by atoms with E-state index >= 15 is 0 Å². The smallest absolute Gasteiger partial charge is 0.490 e. The van der Waals surface area contributed by atoms with Crippen LogP contribution in [0.4, 0.5) is 23.7 Å². The number of anilines is 1. The fourth-order valence-corrected chi connectivity index (χ4v) is 5.84. The molecule has 13 heteroatoms. The van der Waals surface area contributed by atoms with Crippen molar-refractivity contribution < 1.29 is 37.3 Å². The summed E-state index contributed by atoms with van der Waals surface area (Å²) in [5.41, 5.74) is 1.87. The van der Waals surface area contributed by atoms with Crippen molar-refractivity contribution in [2.24, 2.45) is 5.92 Å². The SMILES string of the molecule is COc1ccc(C23CCC(NC(=O)Nc4ccc(Cl)cc4Cl)CC2CN(C)C3)cc1OC.O=C(O)C(F)(F)F. The van der Waals surface area contributed by atoms with Gasteiger partial charge in [-0.3, -0.25) is 0 Å². The summed E-state index contributed by atoms with van der Waals surface area (Å²) in [6.45, 7) is 1.99. The number of hydrogen-bond donors (Lipinski definition) is 3. The Kier molecular flexibility index (Phi) is 9.84. The molecule has 3 unspecified atom stereocenters. The van der Waals surface area contributed by atoms with Gasteiger partial charge in [0.05, 0.1) is 24.9 Å². The molecule has 1 aliphatic heterocycles. The molecule has 2 aromatic carbocycles. The first-order valence-electron chi connectivity index (χ1n) is 12.0. The fourth-order valence-electron chi connectivity index (χ4n) is 5.39. The molecule has 3 atom stereocenters. The number of benzene rings is 2. The number of carboxylic acid groups (broad SMARTS) is 1. The molecule has 0 bridgehead atoms. The molecule has 39 heavy (non-hydrogen) atoms. The lowest BCUT2D eigenvalue weighted by atomic mass is 9.63. The highest BCUT2D eigenvalue weighted by Gasteiger charge is 2.50. The standard InChI is InChI=1S/C24H29Cl2N3O3.C2HF3O2/c1-29-13-16-10-18(27-23(30)28-20-6-5-17(25)12-19(20)26)8-9-24(16,14-29)15-4-7-21(31-2)22(11-15)32-3;3-2(4,5)1(6)7/h4-7,11-12,16,18H,8-10,13-14H2,1-3H3,(H2,27,28,30);(H,6,7). The second-order valence-electron chi connectivity index (χ2n) is 9.62. The van der Waals surface area contributed by atoms with Crippen LogP contribution in [0.2, 0.25) is 10.0 Å². The summed E-state index contributed by atoms with van der Waals surface area (Å²) in [6.07, 6.45) is -2.27. The van der Waals surface area contributed by atoms with E-state index in [-0.39, 0.29) is 17.5 Å². The minimum absolute atomic E-state index is 0.0441. The van der Waals surface area contributed by atoms with Crippen molar-refractivity contribution in [2.45, 2.75) is 36.9 Å². The molecular weight excluding hydrogens is 562 g/mol. The van der Waals surface area contributed by atoms with Crippen molar-refractivity contribution in [3.8, 4) is 11.5 Å². The van der Waals surface area contributed by atoms with Crippen molar-refractivity contribution >= 4 is 40.9 Å². The second-order valence-corrected chi connectivity index (χ2v) is 10.5. The van der Waals surface area contributed by atoms with E-state index in [9.17, 15) is 18.0 Å². The molecule has 1 aliphatic carbocycles. The van der Waals surface area contributed by atoms with E-state index in [0.29, 0.717) is 21.7 Å². The fraction of sp³-hybridized carbons (Fsp3) is 0.462. The molecule has 0 aromatic heterocycles. The third kappa shape index (κ3) is 7.40. The first-order valence-corrected chi connectivity index (χ1v) is 12.8. The lowest BCUT2D eigenvalue weighted by Gasteiger charge is -2.42. The van der Waals surface area contributed by atoms with Gasteiger partial charge in [0, 0.05) is 29.6 Å². The van der Waals surface area contributed by atoms with E-state index in [0.717, 1.165) is 43.9 Å². The van der Waals surface area contributed by atoms with Crippen LogP contribution >= 0.6 is 23.2 Å². The predicted octanol–water partition coefficient (Wildman–Crippen LogP) is 5.82. The first-order chi connectivity index (χ1) is 18.3. The third-order valence-electron chi connectivity index (χ3n) is 7.09. The summed E-state index contributed by atoms with van der Waals surface area (Å²) in [6, 6.07) is 11.2. The van der Waals surface area contributed by atoms with Crippen LogP contribution in [0.5, 0.6) is 11.5 Å². The van der Waals surface area contributed by atoms with E-state index < -0.39 is 12.1 Å². The van der Waals surface area contributed by atoms with Crippen molar-refractivity contribution in [2.75, 3.05) is 39.7 Å². The van der Waals surface area contributed by atoms with Gasteiger partial charge in [0.25, 0.3) is 0 Å². The maximum atomic E-state index is 12.6.